The molecule has 0 aliphatic heterocycles. The average molecular weight is 227 g/mol. The molecular formula is C13H25NO2. The molecule has 0 aromatic rings. The van der Waals surface area contributed by atoms with E-state index in [0.29, 0.717) is 0 Å². The summed E-state index contributed by atoms with van der Waals surface area (Å²) in [6, 6.07) is 0. The average Bonchev–Trinajstić information content (AvgIpc) is 2.24. The van der Waals surface area contributed by atoms with Gasteiger partial charge in [-0.1, -0.05) is 40.0 Å². The molecule has 0 aliphatic carbocycles. The SMILES string of the molecule is CCCCCC(C)(C)CN/C=C/C(=O)OC. The van der Waals surface area contributed by atoms with Gasteiger partial charge in [-0.3, -0.25) is 0 Å². The van der Waals surface area contributed by atoms with Gasteiger partial charge in [0.05, 0.1) is 7.11 Å². The van der Waals surface area contributed by atoms with Gasteiger partial charge in [0.15, 0.2) is 0 Å². The number of carbonyl (C=O) groups is 1. The molecule has 0 heterocycles. The van der Waals surface area contributed by atoms with E-state index in [0.717, 1.165) is 6.54 Å². The van der Waals surface area contributed by atoms with Gasteiger partial charge in [-0.25, -0.2) is 4.79 Å². The Labute approximate surface area is 99.3 Å². The maximum Gasteiger partial charge on any atom is 0.331 e. The number of carbonyl (C=O) groups excluding carboxylic acids is 1. The van der Waals surface area contributed by atoms with Crippen molar-refractivity contribution in [3.63, 3.8) is 0 Å². The van der Waals surface area contributed by atoms with Crippen molar-refractivity contribution in [1.82, 2.24) is 5.32 Å². The Morgan fingerprint density at radius 2 is 2.06 bits per heavy atom. The molecule has 3 heteroatoms. The minimum Gasteiger partial charge on any atom is -0.466 e. The number of esters is 1. The molecular weight excluding hydrogens is 202 g/mol. The quantitative estimate of drug-likeness (QED) is 0.393. The van der Waals surface area contributed by atoms with Crippen molar-refractivity contribution in [2.24, 2.45) is 5.41 Å². The lowest BCUT2D eigenvalue weighted by Crippen LogP contribution is -2.26. The van der Waals surface area contributed by atoms with Gasteiger partial charge in [-0.2, -0.15) is 0 Å². The Morgan fingerprint density at radius 3 is 2.62 bits per heavy atom. The summed E-state index contributed by atoms with van der Waals surface area (Å²) in [5.74, 6) is -0.323. The summed E-state index contributed by atoms with van der Waals surface area (Å²) >= 11 is 0. The Bertz CT molecular complexity index is 222. The van der Waals surface area contributed by atoms with Gasteiger partial charge >= 0.3 is 5.97 Å². The molecule has 16 heavy (non-hydrogen) atoms. The molecule has 0 saturated carbocycles. The zero-order valence-corrected chi connectivity index (χ0v) is 11.0. The lowest BCUT2D eigenvalue weighted by molar-refractivity contribution is -0.134. The van der Waals surface area contributed by atoms with Crippen LogP contribution in [0, 0.1) is 5.41 Å². The first-order valence-electron chi connectivity index (χ1n) is 5.99. The van der Waals surface area contributed by atoms with E-state index in [1.54, 1.807) is 6.20 Å². The van der Waals surface area contributed by atoms with Crippen LogP contribution in [0.1, 0.15) is 46.5 Å². The monoisotopic (exact) mass is 227 g/mol. The number of hydrogen-bond donors (Lipinski definition) is 1. The smallest absolute Gasteiger partial charge is 0.331 e. The van der Waals surface area contributed by atoms with Gasteiger partial charge in [0, 0.05) is 18.8 Å². The van der Waals surface area contributed by atoms with Crippen molar-refractivity contribution in [3.05, 3.63) is 12.3 Å². The number of hydrogen-bond acceptors (Lipinski definition) is 3. The van der Waals surface area contributed by atoms with Crippen LogP contribution in [0.15, 0.2) is 12.3 Å². The summed E-state index contributed by atoms with van der Waals surface area (Å²) in [6.45, 7) is 7.57. The van der Waals surface area contributed by atoms with Gasteiger partial charge in [0.1, 0.15) is 0 Å². The van der Waals surface area contributed by atoms with Gasteiger partial charge in [-0.05, 0) is 11.8 Å². The third kappa shape index (κ3) is 8.33. The Balaban J connectivity index is 3.72. The molecule has 0 unspecified atom stereocenters. The molecule has 0 fully saturated rings. The van der Waals surface area contributed by atoms with Crippen LogP contribution in [-0.2, 0) is 9.53 Å². The first kappa shape index (κ1) is 15.0. The molecule has 0 aromatic carbocycles. The topological polar surface area (TPSA) is 38.3 Å². The van der Waals surface area contributed by atoms with E-state index in [1.807, 2.05) is 0 Å². The van der Waals surface area contributed by atoms with Crippen LogP contribution >= 0.6 is 0 Å². The van der Waals surface area contributed by atoms with Gasteiger partial charge < -0.3 is 10.1 Å². The van der Waals surface area contributed by atoms with E-state index in [1.165, 1.54) is 38.9 Å². The van der Waals surface area contributed by atoms with Gasteiger partial charge in [0.2, 0.25) is 0 Å². The molecule has 0 spiro atoms. The summed E-state index contributed by atoms with van der Waals surface area (Å²) < 4.78 is 4.50. The van der Waals surface area contributed by atoms with E-state index in [9.17, 15) is 4.79 Å². The first-order chi connectivity index (χ1) is 7.52. The van der Waals surface area contributed by atoms with Crippen LogP contribution in [-0.4, -0.2) is 19.6 Å². The third-order valence-electron chi connectivity index (χ3n) is 2.58. The molecule has 0 rings (SSSR count). The normalized spacial score (nSPS) is 11.8. The van der Waals surface area contributed by atoms with Gasteiger partial charge in [-0.15, -0.1) is 0 Å². The molecule has 0 aliphatic rings. The fraction of sp³-hybridized carbons (Fsp3) is 0.769. The van der Waals surface area contributed by atoms with Crippen molar-refractivity contribution in [3.8, 4) is 0 Å². The minimum absolute atomic E-state index is 0.273. The molecule has 0 radical (unpaired) electrons. The molecule has 0 saturated heterocycles. The van der Waals surface area contributed by atoms with E-state index >= 15 is 0 Å². The zero-order valence-electron chi connectivity index (χ0n) is 11.0. The minimum atomic E-state index is -0.323. The second-order valence-electron chi connectivity index (χ2n) is 4.86. The van der Waals surface area contributed by atoms with Crippen LogP contribution < -0.4 is 5.32 Å². The highest BCUT2D eigenvalue weighted by Crippen LogP contribution is 2.22. The summed E-state index contributed by atoms with van der Waals surface area (Å²) in [7, 11) is 1.38. The second-order valence-corrected chi connectivity index (χ2v) is 4.86. The molecule has 0 aromatic heterocycles. The lowest BCUT2D eigenvalue weighted by Gasteiger charge is -2.24. The van der Waals surface area contributed by atoms with Crippen molar-refractivity contribution in [2.45, 2.75) is 46.5 Å². The van der Waals surface area contributed by atoms with Crippen LogP contribution in [0.5, 0.6) is 0 Å². The highest BCUT2D eigenvalue weighted by molar-refractivity contribution is 5.81. The third-order valence-corrected chi connectivity index (χ3v) is 2.58. The van der Waals surface area contributed by atoms with Crippen molar-refractivity contribution in [1.29, 1.82) is 0 Å². The van der Waals surface area contributed by atoms with Crippen molar-refractivity contribution in [2.75, 3.05) is 13.7 Å². The Hall–Kier alpha value is -0.990. The Kier molecular flexibility index (Phi) is 7.69. The Morgan fingerprint density at radius 1 is 1.38 bits per heavy atom. The highest BCUT2D eigenvalue weighted by Gasteiger charge is 2.15. The summed E-state index contributed by atoms with van der Waals surface area (Å²) in [4.78, 5) is 10.8. The fourth-order valence-corrected chi connectivity index (χ4v) is 1.47. The van der Waals surface area contributed by atoms with E-state index in [4.69, 9.17) is 0 Å². The predicted molar refractivity (Wildman–Crippen MR) is 67.1 cm³/mol. The number of rotatable bonds is 8. The number of ether oxygens (including phenoxy) is 1. The summed E-state index contributed by atoms with van der Waals surface area (Å²) in [6.07, 6.45) is 8.09. The summed E-state index contributed by atoms with van der Waals surface area (Å²) in [5, 5.41) is 3.14. The largest absolute Gasteiger partial charge is 0.466 e. The molecule has 0 amide bonds. The van der Waals surface area contributed by atoms with Crippen molar-refractivity contribution >= 4 is 5.97 Å². The van der Waals surface area contributed by atoms with Gasteiger partial charge in [0.25, 0.3) is 0 Å². The molecule has 3 nitrogen and oxygen atoms in total. The van der Waals surface area contributed by atoms with E-state index in [-0.39, 0.29) is 11.4 Å². The maximum absolute atomic E-state index is 10.8. The maximum atomic E-state index is 10.8. The van der Waals surface area contributed by atoms with E-state index in [2.05, 4.69) is 30.8 Å². The first-order valence-corrected chi connectivity index (χ1v) is 5.99. The second kappa shape index (κ2) is 8.20. The van der Waals surface area contributed by atoms with E-state index < -0.39 is 0 Å². The standard InChI is InChI=1S/C13H25NO2/c1-5-6-7-9-13(2,3)11-14-10-8-12(15)16-4/h8,10,14H,5-7,9,11H2,1-4H3/b10-8+. The van der Waals surface area contributed by atoms with Crippen molar-refractivity contribution < 1.29 is 9.53 Å². The zero-order chi connectivity index (χ0) is 12.4. The number of nitrogens with one attached hydrogen (secondary N) is 1. The molecule has 0 atom stereocenters. The van der Waals surface area contributed by atoms with Crippen LogP contribution in [0.2, 0.25) is 0 Å². The molecule has 1 N–H and O–H groups in total. The van der Waals surface area contributed by atoms with Crippen LogP contribution in [0.3, 0.4) is 0 Å². The highest BCUT2D eigenvalue weighted by atomic mass is 16.5. The van der Waals surface area contributed by atoms with Crippen LogP contribution in [0.4, 0.5) is 0 Å². The fourth-order valence-electron chi connectivity index (χ4n) is 1.47. The predicted octanol–water partition coefficient (Wildman–Crippen LogP) is 2.87. The number of unbranched alkanes of at least 4 members (excludes halogenated alkanes) is 2. The number of methoxy groups -OCH3 is 1. The summed E-state index contributed by atoms with van der Waals surface area (Å²) in [5.41, 5.74) is 0.273. The lowest BCUT2D eigenvalue weighted by atomic mass is 9.87. The molecule has 0 bridgehead atoms. The van der Waals surface area contributed by atoms with Crippen LogP contribution in [0.25, 0.3) is 0 Å². The molecule has 94 valence electrons.